The number of hydrogen-bond donors (Lipinski definition) is 2. The summed E-state index contributed by atoms with van der Waals surface area (Å²) in [6.07, 6.45) is 4.39. The van der Waals surface area contributed by atoms with Crippen molar-refractivity contribution in [3.05, 3.63) is 182 Å². The van der Waals surface area contributed by atoms with Crippen LogP contribution in [0.25, 0.3) is 22.3 Å². The topological polar surface area (TPSA) is 55.0 Å². The molecule has 1 fully saturated rings. The molecule has 2 N–H and O–H groups in total. The number of benzene rings is 7. The van der Waals surface area contributed by atoms with Gasteiger partial charge >= 0.3 is 0 Å². The number of unbranched alkanes of at least 4 members (excludes halogenated alkanes) is 3. The second-order valence-corrected chi connectivity index (χ2v) is 15.7. The lowest BCUT2D eigenvalue weighted by atomic mass is 9.90. The molecule has 0 unspecified atom stereocenters. The summed E-state index contributed by atoms with van der Waals surface area (Å²) in [6, 6.07) is 63.8. The molecule has 8 rings (SSSR count). The highest BCUT2D eigenvalue weighted by Gasteiger charge is 2.33. The van der Waals surface area contributed by atoms with E-state index in [9.17, 15) is 0 Å². The first-order valence-corrected chi connectivity index (χ1v) is 20.8. The lowest BCUT2D eigenvalue weighted by Crippen LogP contribution is -2.43. The fourth-order valence-corrected chi connectivity index (χ4v) is 7.32. The molecule has 0 bridgehead atoms. The van der Waals surface area contributed by atoms with Crippen LogP contribution in [0.2, 0.25) is 0 Å². The van der Waals surface area contributed by atoms with Gasteiger partial charge < -0.3 is 29.7 Å². The molecule has 0 radical (unpaired) electrons. The van der Waals surface area contributed by atoms with E-state index in [1.54, 1.807) is 0 Å². The molecule has 0 aromatic heterocycles. The standard InChI is InChI=1S/C53H53N3O3/c1-53(39-58-40-53)38-57-36-10-2-3-11-37-59-52-34-32-51(33-35-52)56(49-28-20-43(21-29-49)41-16-24-47(25-17-41)54-45-12-6-4-7-13-45)50-30-22-44(23-31-50)42-18-26-48(27-19-42)55-46-14-8-5-9-15-46/h4-9,12-35,54-55H,2-3,10-11,36-40H2,1H3. The number of nitrogens with zero attached hydrogens (tertiary/aromatic N) is 1. The molecule has 0 aliphatic carbocycles. The van der Waals surface area contributed by atoms with Crippen LogP contribution in [0.15, 0.2) is 182 Å². The highest BCUT2D eigenvalue weighted by molar-refractivity contribution is 5.80. The van der Waals surface area contributed by atoms with E-state index in [1.165, 1.54) is 11.1 Å². The molecule has 6 nitrogen and oxygen atoms in total. The third kappa shape index (κ3) is 10.8. The van der Waals surface area contributed by atoms with E-state index < -0.39 is 0 Å². The average molecular weight is 780 g/mol. The Bertz CT molecular complexity index is 2180. The van der Waals surface area contributed by atoms with Crippen LogP contribution in [0.3, 0.4) is 0 Å². The van der Waals surface area contributed by atoms with E-state index in [4.69, 9.17) is 14.2 Å². The van der Waals surface area contributed by atoms with Crippen LogP contribution in [0, 0.1) is 5.41 Å². The van der Waals surface area contributed by atoms with Crippen molar-refractivity contribution in [1.82, 2.24) is 0 Å². The predicted octanol–water partition coefficient (Wildman–Crippen LogP) is 14.0. The van der Waals surface area contributed by atoms with Crippen LogP contribution >= 0.6 is 0 Å². The van der Waals surface area contributed by atoms with Gasteiger partial charge in [0, 0.05) is 51.8 Å². The van der Waals surface area contributed by atoms with E-state index in [0.29, 0.717) is 6.61 Å². The van der Waals surface area contributed by atoms with Crippen molar-refractivity contribution in [2.75, 3.05) is 48.6 Å². The molecule has 1 aliphatic rings. The Balaban J connectivity index is 0.934. The van der Waals surface area contributed by atoms with Gasteiger partial charge in [-0.25, -0.2) is 0 Å². The quantitative estimate of drug-likeness (QED) is 0.0798. The summed E-state index contributed by atoms with van der Waals surface area (Å²) in [7, 11) is 0. The van der Waals surface area contributed by atoms with Gasteiger partial charge in [0.25, 0.3) is 0 Å². The Morgan fingerprint density at radius 3 is 1.27 bits per heavy atom. The molecule has 6 heteroatoms. The van der Waals surface area contributed by atoms with E-state index >= 15 is 0 Å². The number of anilines is 7. The fourth-order valence-electron chi connectivity index (χ4n) is 7.32. The molecule has 1 aliphatic heterocycles. The third-order valence-electron chi connectivity index (χ3n) is 10.7. The first-order chi connectivity index (χ1) is 29.1. The van der Waals surface area contributed by atoms with Crippen LogP contribution in [0.1, 0.15) is 32.6 Å². The van der Waals surface area contributed by atoms with Gasteiger partial charge in [-0.3, -0.25) is 0 Å². The zero-order valence-electron chi connectivity index (χ0n) is 33.9. The number of hydrogen-bond acceptors (Lipinski definition) is 6. The Hall–Kier alpha value is -6.34. The molecular formula is C53H53N3O3. The van der Waals surface area contributed by atoms with Gasteiger partial charge in [0.15, 0.2) is 0 Å². The molecule has 0 atom stereocenters. The van der Waals surface area contributed by atoms with Gasteiger partial charge in [-0.1, -0.05) is 98.3 Å². The largest absolute Gasteiger partial charge is 0.494 e. The van der Waals surface area contributed by atoms with E-state index in [2.05, 4.69) is 168 Å². The normalized spacial score (nSPS) is 13.0. The molecule has 0 saturated carbocycles. The summed E-state index contributed by atoms with van der Waals surface area (Å²) < 4.78 is 17.4. The minimum Gasteiger partial charge on any atom is -0.494 e. The number of ether oxygens (including phenoxy) is 3. The first kappa shape index (κ1) is 39.5. The number of rotatable bonds is 19. The number of nitrogens with one attached hydrogen (secondary N) is 2. The molecule has 1 heterocycles. The summed E-state index contributed by atoms with van der Waals surface area (Å²) in [6.45, 7) is 6.18. The summed E-state index contributed by atoms with van der Waals surface area (Å²) in [5.41, 5.74) is 12.4. The zero-order chi connectivity index (χ0) is 40.1. The second kappa shape index (κ2) is 19.4. The minimum absolute atomic E-state index is 0.222. The second-order valence-electron chi connectivity index (χ2n) is 15.7. The lowest BCUT2D eigenvalue weighted by molar-refractivity contribution is -0.137. The monoisotopic (exact) mass is 779 g/mol. The van der Waals surface area contributed by atoms with Crippen molar-refractivity contribution in [3.63, 3.8) is 0 Å². The fraction of sp³-hybridized carbons (Fsp3) is 0.208. The van der Waals surface area contributed by atoms with Gasteiger partial charge in [0.05, 0.1) is 26.4 Å². The van der Waals surface area contributed by atoms with Crippen molar-refractivity contribution in [2.45, 2.75) is 32.6 Å². The Morgan fingerprint density at radius 2 is 0.847 bits per heavy atom. The van der Waals surface area contributed by atoms with Crippen molar-refractivity contribution in [1.29, 1.82) is 0 Å². The molecule has 7 aromatic rings. The Labute approximate surface area is 349 Å². The lowest BCUT2D eigenvalue weighted by Gasteiger charge is -2.37. The van der Waals surface area contributed by atoms with E-state index in [0.717, 1.165) is 109 Å². The van der Waals surface area contributed by atoms with Crippen molar-refractivity contribution >= 4 is 39.8 Å². The maximum absolute atomic E-state index is 6.19. The predicted molar refractivity (Wildman–Crippen MR) is 245 cm³/mol. The molecule has 0 spiro atoms. The maximum atomic E-state index is 6.19. The third-order valence-corrected chi connectivity index (χ3v) is 10.7. The summed E-state index contributed by atoms with van der Waals surface area (Å²) in [5, 5.41) is 6.96. The highest BCUT2D eigenvalue weighted by Crippen LogP contribution is 2.38. The van der Waals surface area contributed by atoms with Crippen molar-refractivity contribution in [2.24, 2.45) is 5.41 Å². The molecular weight excluding hydrogens is 727 g/mol. The molecule has 7 aromatic carbocycles. The summed E-state index contributed by atoms with van der Waals surface area (Å²) >= 11 is 0. The SMILES string of the molecule is CC1(COCCCCCCOc2ccc(N(c3ccc(-c4ccc(Nc5ccccc5)cc4)cc3)c3ccc(-c4ccc(Nc5ccccc5)cc4)cc3)cc2)COC1. The van der Waals surface area contributed by atoms with Crippen molar-refractivity contribution < 1.29 is 14.2 Å². The highest BCUT2D eigenvalue weighted by atomic mass is 16.5. The van der Waals surface area contributed by atoms with Gasteiger partial charge in [0.2, 0.25) is 0 Å². The number of para-hydroxylation sites is 2. The smallest absolute Gasteiger partial charge is 0.119 e. The average Bonchev–Trinajstić information content (AvgIpc) is 3.27. The molecule has 59 heavy (non-hydrogen) atoms. The van der Waals surface area contributed by atoms with Crippen molar-refractivity contribution in [3.8, 4) is 28.0 Å². The van der Waals surface area contributed by atoms with Crippen LogP contribution in [-0.2, 0) is 9.47 Å². The summed E-state index contributed by atoms with van der Waals surface area (Å²) in [5.74, 6) is 0.883. The maximum Gasteiger partial charge on any atom is 0.119 e. The first-order valence-electron chi connectivity index (χ1n) is 20.8. The Morgan fingerprint density at radius 1 is 0.458 bits per heavy atom. The van der Waals surface area contributed by atoms with Crippen LogP contribution in [-0.4, -0.2) is 33.0 Å². The molecule has 298 valence electrons. The molecule has 0 amide bonds. The van der Waals surface area contributed by atoms with Gasteiger partial charge in [-0.05, 0) is 139 Å². The summed E-state index contributed by atoms with van der Waals surface area (Å²) in [4.78, 5) is 2.30. The van der Waals surface area contributed by atoms with Gasteiger partial charge in [-0.15, -0.1) is 0 Å². The van der Waals surface area contributed by atoms with Crippen LogP contribution in [0.5, 0.6) is 5.75 Å². The van der Waals surface area contributed by atoms with E-state index in [-0.39, 0.29) is 5.41 Å². The zero-order valence-corrected chi connectivity index (χ0v) is 33.9. The Kier molecular flexibility index (Phi) is 13.0. The van der Waals surface area contributed by atoms with Crippen LogP contribution < -0.4 is 20.3 Å². The van der Waals surface area contributed by atoms with Gasteiger partial charge in [-0.2, -0.15) is 0 Å². The molecule has 1 saturated heterocycles. The van der Waals surface area contributed by atoms with Gasteiger partial charge in [0.1, 0.15) is 5.75 Å². The van der Waals surface area contributed by atoms with Crippen LogP contribution in [0.4, 0.5) is 39.8 Å². The van der Waals surface area contributed by atoms with E-state index in [1.807, 2.05) is 36.4 Å². The minimum atomic E-state index is 0.222.